The van der Waals surface area contributed by atoms with Crippen LogP contribution in [0.25, 0.3) is 11.5 Å². The van der Waals surface area contributed by atoms with Crippen molar-refractivity contribution in [3.05, 3.63) is 38.9 Å². The highest BCUT2D eigenvalue weighted by Gasteiger charge is 2.34. The van der Waals surface area contributed by atoms with Gasteiger partial charge >= 0.3 is 5.97 Å². The first-order valence-electron chi connectivity index (χ1n) is 6.91. The maximum absolute atomic E-state index is 12.1. The molecule has 0 spiro atoms. The zero-order valence-corrected chi connectivity index (χ0v) is 14.1. The minimum Gasteiger partial charge on any atom is -0.477 e. The number of pyridine rings is 1. The highest BCUT2D eigenvalue weighted by atomic mass is 79.9. The molecule has 0 unspecified atom stereocenters. The fourth-order valence-electron chi connectivity index (χ4n) is 2.84. The summed E-state index contributed by atoms with van der Waals surface area (Å²) in [6, 6.07) is 1.39. The average Bonchev–Trinajstić information content (AvgIpc) is 2.76. The molecule has 3 heterocycles. The summed E-state index contributed by atoms with van der Waals surface area (Å²) in [6.07, 6.45) is 3.33. The van der Waals surface area contributed by atoms with Gasteiger partial charge in [-0.05, 0) is 21.3 Å². The van der Waals surface area contributed by atoms with Crippen molar-refractivity contribution in [2.45, 2.75) is 33.4 Å². The van der Waals surface area contributed by atoms with Crippen molar-refractivity contribution in [3.63, 3.8) is 0 Å². The van der Waals surface area contributed by atoms with Gasteiger partial charge in [0.1, 0.15) is 10.2 Å². The van der Waals surface area contributed by atoms with Crippen LogP contribution in [0.3, 0.4) is 0 Å². The van der Waals surface area contributed by atoms with E-state index < -0.39 is 11.4 Å². The molecule has 0 fully saturated rings. The molecule has 2 aromatic heterocycles. The number of aromatic nitrogens is 3. The summed E-state index contributed by atoms with van der Waals surface area (Å²) in [6.45, 7) is 6.96. The van der Waals surface area contributed by atoms with E-state index in [0.29, 0.717) is 22.7 Å². The molecule has 3 rings (SSSR count). The Kier molecular flexibility index (Phi) is 3.28. The molecule has 22 heavy (non-hydrogen) atoms. The van der Waals surface area contributed by atoms with Gasteiger partial charge in [0.15, 0.2) is 11.3 Å². The predicted octanol–water partition coefficient (Wildman–Crippen LogP) is 2.77. The molecule has 0 radical (unpaired) electrons. The number of carboxylic acids is 1. The van der Waals surface area contributed by atoms with E-state index >= 15 is 0 Å². The second-order valence-electron chi connectivity index (χ2n) is 6.57. The molecule has 0 saturated carbocycles. The molecule has 0 aromatic carbocycles. The second-order valence-corrected chi connectivity index (χ2v) is 7.38. The largest absolute Gasteiger partial charge is 0.477 e. The van der Waals surface area contributed by atoms with Crippen LogP contribution in [0, 0.1) is 5.41 Å². The Labute approximate surface area is 135 Å². The van der Waals surface area contributed by atoms with Gasteiger partial charge in [-0.25, -0.2) is 9.78 Å². The Bertz CT molecular complexity index is 830. The minimum absolute atomic E-state index is 0.0230. The van der Waals surface area contributed by atoms with Gasteiger partial charge in [-0.1, -0.05) is 20.8 Å². The Morgan fingerprint density at radius 2 is 2.09 bits per heavy atom. The standard InChI is InChI=1S/C15H16BrN3O3/c1-15(2,3)11-6-18-7-12(16)17-13(18)9-4-10(20)8(14(21)22)5-19(9)11/h4-5,7,11H,6H2,1-3H3,(H,21,22)/t11-/m0/s1. The van der Waals surface area contributed by atoms with Crippen LogP contribution in [0.15, 0.2) is 27.9 Å². The number of nitrogens with zero attached hydrogens (tertiary/aromatic N) is 3. The predicted molar refractivity (Wildman–Crippen MR) is 85.1 cm³/mol. The van der Waals surface area contributed by atoms with Crippen molar-refractivity contribution in [1.82, 2.24) is 14.1 Å². The van der Waals surface area contributed by atoms with Crippen LogP contribution in [-0.2, 0) is 6.54 Å². The zero-order chi connectivity index (χ0) is 16.2. The van der Waals surface area contributed by atoms with Crippen LogP contribution in [0.5, 0.6) is 0 Å². The summed E-state index contributed by atoms with van der Waals surface area (Å²) in [4.78, 5) is 27.7. The molecule has 0 aliphatic carbocycles. The van der Waals surface area contributed by atoms with Crippen LogP contribution < -0.4 is 5.43 Å². The monoisotopic (exact) mass is 365 g/mol. The number of carboxylic acid groups (broad SMARTS) is 1. The van der Waals surface area contributed by atoms with Crippen molar-refractivity contribution in [2.24, 2.45) is 5.41 Å². The first-order chi connectivity index (χ1) is 10.2. The Morgan fingerprint density at radius 3 is 2.68 bits per heavy atom. The highest BCUT2D eigenvalue weighted by Crippen LogP contribution is 2.39. The Morgan fingerprint density at radius 1 is 1.41 bits per heavy atom. The number of fused-ring (bicyclic) bond motifs is 3. The molecular weight excluding hydrogens is 350 g/mol. The molecule has 1 atom stereocenters. The highest BCUT2D eigenvalue weighted by molar-refractivity contribution is 9.10. The van der Waals surface area contributed by atoms with Crippen molar-refractivity contribution in [2.75, 3.05) is 0 Å². The smallest absolute Gasteiger partial charge is 0.341 e. The van der Waals surface area contributed by atoms with E-state index in [1.807, 2.05) is 15.3 Å². The summed E-state index contributed by atoms with van der Waals surface area (Å²) in [5.41, 5.74) is -0.170. The number of rotatable bonds is 1. The van der Waals surface area contributed by atoms with E-state index in [1.54, 1.807) is 0 Å². The number of imidazole rings is 1. The lowest BCUT2D eigenvalue weighted by Crippen LogP contribution is -2.35. The molecule has 2 aromatic rings. The average molecular weight is 366 g/mol. The number of halogens is 1. The van der Waals surface area contributed by atoms with E-state index in [2.05, 4.69) is 41.7 Å². The third-order valence-electron chi connectivity index (χ3n) is 3.99. The molecule has 1 aliphatic heterocycles. The normalized spacial score (nSPS) is 17.0. The molecule has 6 nitrogen and oxygen atoms in total. The number of carbonyl (C=O) groups is 1. The molecule has 0 saturated heterocycles. The third-order valence-corrected chi connectivity index (χ3v) is 4.37. The van der Waals surface area contributed by atoms with Crippen molar-refractivity contribution in [3.8, 4) is 11.5 Å². The van der Waals surface area contributed by atoms with Crippen LogP contribution >= 0.6 is 15.9 Å². The summed E-state index contributed by atoms with van der Waals surface area (Å²) in [7, 11) is 0. The van der Waals surface area contributed by atoms with E-state index in [1.165, 1.54) is 12.3 Å². The lowest BCUT2D eigenvalue weighted by Gasteiger charge is -2.38. The maximum Gasteiger partial charge on any atom is 0.341 e. The summed E-state index contributed by atoms with van der Waals surface area (Å²) in [5, 5.41) is 9.21. The summed E-state index contributed by atoms with van der Waals surface area (Å²) < 4.78 is 4.56. The van der Waals surface area contributed by atoms with E-state index in [-0.39, 0.29) is 17.0 Å². The third kappa shape index (κ3) is 2.29. The van der Waals surface area contributed by atoms with Gasteiger partial charge < -0.3 is 14.2 Å². The fourth-order valence-corrected chi connectivity index (χ4v) is 3.26. The molecular formula is C15H16BrN3O3. The zero-order valence-electron chi connectivity index (χ0n) is 12.5. The SMILES string of the molecule is CC(C)(C)[C@@H]1Cn2cc(Br)nc2-c2cc(=O)c(C(=O)O)cn21. The fraction of sp³-hybridized carbons (Fsp3) is 0.400. The van der Waals surface area contributed by atoms with Gasteiger partial charge in [-0.15, -0.1) is 0 Å². The first-order valence-corrected chi connectivity index (χ1v) is 7.70. The lowest BCUT2D eigenvalue weighted by molar-refractivity contribution is 0.0693. The molecule has 0 bridgehead atoms. The Balaban J connectivity index is 2.32. The van der Waals surface area contributed by atoms with Gasteiger partial charge in [0.25, 0.3) is 0 Å². The molecule has 116 valence electrons. The van der Waals surface area contributed by atoms with Crippen LogP contribution in [0.4, 0.5) is 0 Å². The van der Waals surface area contributed by atoms with E-state index in [9.17, 15) is 14.7 Å². The van der Waals surface area contributed by atoms with Gasteiger partial charge in [0.2, 0.25) is 0 Å². The van der Waals surface area contributed by atoms with Gasteiger partial charge in [0.05, 0.1) is 11.7 Å². The van der Waals surface area contributed by atoms with Crippen molar-refractivity contribution >= 4 is 21.9 Å². The van der Waals surface area contributed by atoms with Crippen molar-refractivity contribution in [1.29, 1.82) is 0 Å². The number of hydrogen-bond donors (Lipinski definition) is 1. The Hall–Kier alpha value is -1.89. The topological polar surface area (TPSA) is 77.1 Å². The van der Waals surface area contributed by atoms with Crippen LogP contribution in [0.1, 0.15) is 37.2 Å². The summed E-state index contributed by atoms with van der Waals surface area (Å²) in [5.74, 6) is -0.538. The number of aromatic carboxylic acids is 1. The van der Waals surface area contributed by atoms with Gasteiger partial charge in [-0.2, -0.15) is 0 Å². The quantitative estimate of drug-likeness (QED) is 0.842. The summed E-state index contributed by atoms with van der Waals surface area (Å²) >= 11 is 3.36. The first kappa shape index (κ1) is 15.0. The molecule has 1 aliphatic rings. The van der Waals surface area contributed by atoms with Crippen molar-refractivity contribution < 1.29 is 9.90 Å². The minimum atomic E-state index is -1.21. The number of hydrogen-bond acceptors (Lipinski definition) is 3. The molecule has 1 N–H and O–H groups in total. The lowest BCUT2D eigenvalue weighted by atomic mass is 9.85. The maximum atomic E-state index is 12.1. The van der Waals surface area contributed by atoms with Gasteiger partial charge in [-0.3, -0.25) is 4.79 Å². The van der Waals surface area contributed by atoms with Crippen LogP contribution in [-0.4, -0.2) is 25.2 Å². The van der Waals surface area contributed by atoms with E-state index in [4.69, 9.17) is 0 Å². The van der Waals surface area contributed by atoms with Crippen LogP contribution in [0.2, 0.25) is 0 Å². The molecule has 0 amide bonds. The van der Waals surface area contributed by atoms with E-state index in [0.717, 1.165) is 0 Å². The second kappa shape index (κ2) is 4.81. The molecule has 7 heteroatoms. The van der Waals surface area contributed by atoms with Gasteiger partial charge in [0, 0.05) is 25.0 Å².